The average Bonchev–Trinajstić information content (AvgIpc) is 1.89. The minimum atomic E-state index is -0.559. The molecular formula is C6H14N2O2. The lowest BCUT2D eigenvalue weighted by molar-refractivity contribution is 0.211. The Morgan fingerprint density at radius 1 is 1.60 bits per heavy atom. The monoisotopic (exact) mass is 146 g/mol. The van der Waals surface area contributed by atoms with E-state index in [-0.39, 0.29) is 6.61 Å². The summed E-state index contributed by atoms with van der Waals surface area (Å²) in [6.45, 7) is 1.00. The van der Waals surface area contributed by atoms with E-state index in [4.69, 9.17) is 15.9 Å². The number of hydrogen-bond donors (Lipinski definition) is 4. The molecule has 0 spiro atoms. The smallest absolute Gasteiger partial charge is 0.0862 e. The molecule has 0 aromatic rings. The summed E-state index contributed by atoms with van der Waals surface area (Å²) in [6, 6.07) is 0. The standard InChI is InChI=1S/C6H14N2O2/c7-2-1-6(10)5-8-3-4-9/h1-2,6,8-10H,3-5,7H2. The van der Waals surface area contributed by atoms with Crippen LogP contribution in [-0.2, 0) is 0 Å². The highest BCUT2D eigenvalue weighted by Gasteiger charge is 1.94. The molecule has 0 radical (unpaired) electrons. The lowest BCUT2D eigenvalue weighted by atomic mass is 10.3. The van der Waals surface area contributed by atoms with E-state index < -0.39 is 6.10 Å². The van der Waals surface area contributed by atoms with Crippen LogP contribution in [0.3, 0.4) is 0 Å². The second-order valence-corrected chi connectivity index (χ2v) is 1.88. The van der Waals surface area contributed by atoms with Crippen LogP contribution >= 0.6 is 0 Å². The molecule has 60 valence electrons. The minimum Gasteiger partial charge on any atom is -0.405 e. The molecule has 0 rings (SSSR count). The van der Waals surface area contributed by atoms with Crippen molar-refractivity contribution in [1.29, 1.82) is 0 Å². The summed E-state index contributed by atoms with van der Waals surface area (Å²) < 4.78 is 0. The first-order valence-electron chi connectivity index (χ1n) is 3.19. The van der Waals surface area contributed by atoms with Gasteiger partial charge in [0, 0.05) is 13.1 Å². The summed E-state index contributed by atoms with van der Waals surface area (Å²) in [5, 5.41) is 20.1. The van der Waals surface area contributed by atoms with Crippen LogP contribution in [0.5, 0.6) is 0 Å². The van der Waals surface area contributed by atoms with Crippen molar-refractivity contribution in [3.05, 3.63) is 12.3 Å². The van der Waals surface area contributed by atoms with Crippen LogP contribution in [0.2, 0.25) is 0 Å². The zero-order valence-electron chi connectivity index (χ0n) is 5.83. The van der Waals surface area contributed by atoms with Crippen LogP contribution in [0.4, 0.5) is 0 Å². The van der Waals surface area contributed by atoms with E-state index in [0.29, 0.717) is 13.1 Å². The lowest BCUT2D eigenvalue weighted by Gasteiger charge is -2.04. The molecule has 0 aliphatic carbocycles. The van der Waals surface area contributed by atoms with Crippen molar-refractivity contribution in [2.24, 2.45) is 5.73 Å². The number of aliphatic hydroxyl groups is 2. The first-order chi connectivity index (χ1) is 4.81. The van der Waals surface area contributed by atoms with Gasteiger partial charge in [-0.3, -0.25) is 0 Å². The largest absolute Gasteiger partial charge is 0.405 e. The second kappa shape index (κ2) is 6.54. The molecule has 4 heteroatoms. The van der Waals surface area contributed by atoms with Gasteiger partial charge in [-0.15, -0.1) is 0 Å². The lowest BCUT2D eigenvalue weighted by Crippen LogP contribution is -2.27. The van der Waals surface area contributed by atoms with E-state index >= 15 is 0 Å². The van der Waals surface area contributed by atoms with Crippen molar-refractivity contribution >= 4 is 0 Å². The van der Waals surface area contributed by atoms with Crippen molar-refractivity contribution in [1.82, 2.24) is 5.32 Å². The maximum atomic E-state index is 8.96. The summed E-state index contributed by atoms with van der Waals surface area (Å²) in [5.74, 6) is 0. The Balaban J connectivity index is 3.13. The molecule has 1 unspecified atom stereocenters. The molecule has 5 N–H and O–H groups in total. The van der Waals surface area contributed by atoms with Crippen molar-refractivity contribution in [2.45, 2.75) is 6.10 Å². The molecule has 0 aromatic carbocycles. The highest BCUT2D eigenvalue weighted by atomic mass is 16.3. The third-order valence-corrected chi connectivity index (χ3v) is 0.975. The van der Waals surface area contributed by atoms with E-state index in [9.17, 15) is 0 Å². The van der Waals surface area contributed by atoms with E-state index in [0.717, 1.165) is 0 Å². The zero-order chi connectivity index (χ0) is 7.82. The molecular weight excluding hydrogens is 132 g/mol. The third kappa shape index (κ3) is 5.55. The van der Waals surface area contributed by atoms with E-state index in [1.165, 1.54) is 12.3 Å². The highest BCUT2D eigenvalue weighted by Crippen LogP contribution is 1.79. The fourth-order valence-corrected chi connectivity index (χ4v) is 0.525. The summed E-state index contributed by atoms with van der Waals surface area (Å²) in [6.07, 6.45) is 2.21. The van der Waals surface area contributed by atoms with Crippen LogP contribution in [0.1, 0.15) is 0 Å². The number of nitrogens with two attached hydrogens (primary N) is 1. The molecule has 0 aromatic heterocycles. The third-order valence-electron chi connectivity index (χ3n) is 0.975. The SMILES string of the molecule is NC=CC(O)CNCCO. The molecule has 0 fully saturated rings. The Kier molecular flexibility index (Phi) is 6.16. The quantitative estimate of drug-likeness (QED) is 0.352. The van der Waals surface area contributed by atoms with Gasteiger partial charge in [0.25, 0.3) is 0 Å². The van der Waals surface area contributed by atoms with Crippen LogP contribution in [0, 0.1) is 0 Å². The van der Waals surface area contributed by atoms with Gasteiger partial charge in [-0.05, 0) is 12.3 Å². The van der Waals surface area contributed by atoms with Gasteiger partial charge in [0.15, 0.2) is 0 Å². The molecule has 10 heavy (non-hydrogen) atoms. The van der Waals surface area contributed by atoms with Crippen molar-refractivity contribution in [2.75, 3.05) is 19.7 Å². The van der Waals surface area contributed by atoms with Crippen LogP contribution < -0.4 is 11.1 Å². The fraction of sp³-hybridized carbons (Fsp3) is 0.667. The average molecular weight is 146 g/mol. The van der Waals surface area contributed by atoms with Crippen LogP contribution in [-0.4, -0.2) is 36.0 Å². The van der Waals surface area contributed by atoms with Gasteiger partial charge >= 0.3 is 0 Å². The van der Waals surface area contributed by atoms with Crippen molar-refractivity contribution in [3.8, 4) is 0 Å². The summed E-state index contributed by atoms with van der Waals surface area (Å²) in [5.41, 5.74) is 5.02. The van der Waals surface area contributed by atoms with Gasteiger partial charge < -0.3 is 21.3 Å². The Morgan fingerprint density at radius 2 is 2.30 bits per heavy atom. The summed E-state index contributed by atoms with van der Waals surface area (Å²) in [4.78, 5) is 0. The topological polar surface area (TPSA) is 78.5 Å². The molecule has 0 saturated carbocycles. The Hall–Kier alpha value is -0.580. The molecule has 4 nitrogen and oxygen atoms in total. The van der Waals surface area contributed by atoms with Crippen LogP contribution in [0.15, 0.2) is 12.3 Å². The maximum Gasteiger partial charge on any atom is 0.0862 e. The molecule has 0 aliphatic rings. The van der Waals surface area contributed by atoms with Gasteiger partial charge in [0.2, 0.25) is 0 Å². The number of aliphatic hydroxyl groups excluding tert-OH is 2. The van der Waals surface area contributed by atoms with Crippen molar-refractivity contribution in [3.63, 3.8) is 0 Å². The van der Waals surface area contributed by atoms with Crippen molar-refractivity contribution < 1.29 is 10.2 Å². The molecule has 0 amide bonds. The van der Waals surface area contributed by atoms with Gasteiger partial charge in [0.1, 0.15) is 0 Å². The molecule has 0 bridgehead atoms. The number of nitrogens with one attached hydrogen (secondary N) is 1. The second-order valence-electron chi connectivity index (χ2n) is 1.88. The minimum absolute atomic E-state index is 0.0824. The summed E-state index contributed by atoms with van der Waals surface area (Å²) in [7, 11) is 0. The van der Waals surface area contributed by atoms with E-state index in [1.54, 1.807) is 0 Å². The molecule has 0 heterocycles. The molecule has 0 saturated heterocycles. The van der Waals surface area contributed by atoms with E-state index in [1.807, 2.05) is 0 Å². The van der Waals surface area contributed by atoms with Crippen LogP contribution in [0.25, 0.3) is 0 Å². The predicted octanol–water partition coefficient (Wildman–Crippen LogP) is -1.60. The molecule has 1 atom stereocenters. The van der Waals surface area contributed by atoms with Gasteiger partial charge in [-0.2, -0.15) is 0 Å². The number of hydrogen-bond acceptors (Lipinski definition) is 4. The summed E-state index contributed by atoms with van der Waals surface area (Å²) >= 11 is 0. The Bertz CT molecular complexity index is 95.7. The first kappa shape index (κ1) is 9.42. The predicted molar refractivity (Wildman–Crippen MR) is 39.3 cm³/mol. The van der Waals surface area contributed by atoms with E-state index in [2.05, 4.69) is 5.32 Å². The number of rotatable bonds is 5. The molecule has 0 aliphatic heterocycles. The highest BCUT2D eigenvalue weighted by molar-refractivity contribution is 4.85. The zero-order valence-corrected chi connectivity index (χ0v) is 5.83. The van der Waals surface area contributed by atoms with Gasteiger partial charge in [0.05, 0.1) is 12.7 Å². The maximum absolute atomic E-state index is 8.96. The first-order valence-corrected chi connectivity index (χ1v) is 3.19. The van der Waals surface area contributed by atoms with Gasteiger partial charge in [-0.25, -0.2) is 0 Å². The normalized spacial score (nSPS) is 14.2. The van der Waals surface area contributed by atoms with Gasteiger partial charge in [-0.1, -0.05) is 0 Å². The fourth-order valence-electron chi connectivity index (χ4n) is 0.525. The Labute approximate surface area is 60.4 Å². The Morgan fingerprint density at radius 3 is 2.80 bits per heavy atom.